The molecule has 0 aromatic heterocycles. The predicted octanol–water partition coefficient (Wildman–Crippen LogP) is 3.22. The molecular weight excluding hydrogens is 448 g/mol. The number of fused-ring (bicyclic) bond motifs is 3. The monoisotopic (exact) mass is 474 g/mol. The number of ether oxygens (including phenoxy) is 1. The summed E-state index contributed by atoms with van der Waals surface area (Å²) in [5.41, 5.74) is 4.92. The SMILES string of the molecule is O=C(N[C@H](C(=O)NCC[C@H](O)C(=O)O)c1ccccc1)OCC1c2ccccc2-c2ccccc21. The zero-order valence-corrected chi connectivity index (χ0v) is 18.9. The van der Waals surface area contributed by atoms with Crippen molar-refractivity contribution in [3.8, 4) is 11.1 Å². The number of carboxylic acid groups (broad SMARTS) is 1. The maximum absolute atomic E-state index is 12.8. The van der Waals surface area contributed by atoms with Crippen LogP contribution in [-0.2, 0) is 14.3 Å². The third-order valence-electron chi connectivity index (χ3n) is 6.00. The molecule has 3 aromatic rings. The fourth-order valence-electron chi connectivity index (χ4n) is 4.26. The van der Waals surface area contributed by atoms with Gasteiger partial charge in [0.1, 0.15) is 12.6 Å². The molecule has 0 unspecified atom stereocenters. The summed E-state index contributed by atoms with van der Waals surface area (Å²) in [6.45, 7) is 0.0375. The van der Waals surface area contributed by atoms with Gasteiger partial charge in [-0.3, -0.25) is 4.79 Å². The van der Waals surface area contributed by atoms with E-state index in [-0.39, 0.29) is 25.5 Å². The molecule has 0 aliphatic heterocycles. The van der Waals surface area contributed by atoms with Gasteiger partial charge in [-0.2, -0.15) is 0 Å². The van der Waals surface area contributed by atoms with Crippen LogP contribution in [0.15, 0.2) is 78.9 Å². The summed E-state index contributed by atoms with van der Waals surface area (Å²) in [6, 6.07) is 23.6. The molecule has 0 heterocycles. The maximum atomic E-state index is 12.8. The zero-order chi connectivity index (χ0) is 24.8. The second-order valence-corrected chi connectivity index (χ2v) is 8.25. The number of benzene rings is 3. The number of carbonyl (C=O) groups is 3. The van der Waals surface area contributed by atoms with Crippen molar-refractivity contribution in [2.45, 2.75) is 24.5 Å². The highest BCUT2D eigenvalue weighted by atomic mass is 16.5. The molecule has 1 aliphatic rings. The third kappa shape index (κ3) is 5.50. The first kappa shape index (κ1) is 24.0. The molecule has 0 bridgehead atoms. The van der Waals surface area contributed by atoms with Gasteiger partial charge in [-0.15, -0.1) is 0 Å². The van der Waals surface area contributed by atoms with Crippen molar-refractivity contribution < 1.29 is 29.3 Å². The van der Waals surface area contributed by atoms with E-state index in [1.54, 1.807) is 30.3 Å². The molecule has 0 spiro atoms. The van der Waals surface area contributed by atoms with Gasteiger partial charge in [0.2, 0.25) is 5.91 Å². The van der Waals surface area contributed by atoms with E-state index in [1.807, 2.05) is 48.5 Å². The van der Waals surface area contributed by atoms with Crippen LogP contribution < -0.4 is 10.6 Å². The van der Waals surface area contributed by atoms with Crippen LogP contribution in [0.4, 0.5) is 4.79 Å². The van der Waals surface area contributed by atoms with Gasteiger partial charge in [0, 0.05) is 18.9 Å². The van der Waals surface area contributed by atoms with E-state index in [9.17, 15) is 19.5 Å². The van der Waals surface area contributed by atoms with Gasteiger partial charge in [0.25, 0.3) is 0 Å². The number of aliphatic hydroxyl groups is 1. The Hall–Kier alpha value is -4.17. The van der Waals surface area contributed by atoms with E-state index in [2.05, 4.69) is 10.6 Å². The topological polar surface area (TPSA) is 125 Å². The summed E-state index contributed by atoms with van der Waals surface area (Å²) in [5, 5.41) is 23.4. The Balaban J connectivity index is 1.42. The van der Waals surface area contributed by atoms with Crippen LogP contribution in [0.5, 0.6) is 0 Å². The van der Waals surface area contributed by atoms with E-state index in [1.165, 1.54) is 0 Å². The van der Waals surface area contributed by atoms with Gasteiger partial charge in [-0.25, -0.2) is 9.59 Å². The highest BCUT2D eigenvalue weighted by Gasteiger charge is 2.30. The first-order chi connectivity index (χ1) is 17.0. The van der Waals surface area contributed by atoms with Crippen molar-refractivity contribution in [1.29, 1.82) is 0 Å². The molecule has 4 N–H and O–H groups in total. The standard InChI is InChI=1S/C27H26N2O6/c30-23(26(32)33)14-15-28-25(31)24(17-8-2-1-3-9-17)29-27(34)35-16-22-20-12-6-4-10-18(20)19-11-5-7-13-21(19)22/h1-13,22-24,30H,14-16H2,(H,28,31)(H,29,34)(H,32,33)/t23-,24-/m0/s1. The lowest BCUT2D eigenvalue weighted by Crippen LogP contribution is -2.42. The second kappa shape index (κ2) is 10.8. The summed E-state index contributed by atoms with van der Waals surface area (Å²) in [4.78, 5) is 36.3. The van der Waals surface area contributed by atoms with E-state index >= 15 is 0 Å². The minimum atomic E-state index is -1.58. The molecule has 4 rings (SSSR count). The molecule has 0 saturated heterocycles. The number of hydrogen-bond donors (Lipinski definition) is 4. The number of carboxylic acids is 1. The average molecular weight is 475 g/mol. The minimum absolute atomic E-state index is 0.0675. The number of hydrogen-bond acceptors (Lipinski definition) is 5. The number of amides is 2. The number of carbonyl (C=O) groups excluding carboxylic acids is 2. The van der Waals surface area contributed by atoms with Gasteiger partial charge >= 0.3 is 12.1 Å². The molecular formula is C27H26N2O6. The van der Waals surface area contributed by atoms with Gasteiger partial charge < -0.3 is 25.6 Å². The number of alkyl carbamates (subject to hydrolysis) is 1. The first-order valence-corrected chi connectivity index (χ1v) is 11.3. The van der Waals surface area contributed by atoms with Crippen molar-refractivity contribution in [3.63, 3.8) is 0 Å². The minimum Gasteiger partial charge on any atom is -0.479 e. The van der Waals surface area contributed by atoms with Gasteiger partial charge in [0.15, 0.2) is 6.10 Å². The van der Waals surface area contributed by atoms with Crippen molar-refractivity contribution in [1.82, 2.24) is 10.6 Å². The Kier molecular flexibility index (Phi) is 7.42. The van der Waals surface area contributed by atoms with E-state index in [0.717, 1.165) is 22.3 Å². The number of aliphatic carboxylic acids is 1. The zero-order valence-electron chi connectivity index (χ0n) is 18.9. The molecule has 8 nitrogen and oxygen atoms in total. The van der Waals surface area contributed by atoms with E-state index in [0.29, 0.717) is 5.56 Å². The Bertz CT molecular complexity index is 1170. The summed E-state index contributed by atoms with van der Waals surface area (Å²) >= 11 is 0. The fraction of sp³-hybridized carbons (Fsp3) is 0.222. The van der Waals surface area contributed by atoms with Crippen molar-refractivity contribution in [2.24, 2.45) is 0 Å². The highest BCUT2D eigenvalue weighted by Crippen LogP contribution is 2.44. The number of rotatable bonds is 9. The van der Waals surface area contributed by atoms with Crippen molar-refractivity contribution in [2.75, 3.05) is 13.2 Å². The normalized spacial score (nSPS) is 13.7. The molecule has 0 radical (unpaired) electrons. The van der Waals surface area contributed by atoms with Crippen LogP contribution in [0.2, 0.25) is 0 Å². The first-order valence-electron chi connectivity index (χ1n) is 11.3. The molecule has 3 aromatic carbocycles. The average Bonchev–Trinajstić information content (AvgIpc) is 3.20. The smallest absolute Gasteiger partial charge is 0.408 e. The van der Waals surface area contributed by atoms with Crippen molar-refractivity contribution >= 4 is 18.0 Å². The maximum Gasteiger partial charge on any atom is 0.408 e. The summed E-state index contributed by atoms with van der Waals surface area (Å²) in [7, 11) is 0. The number of nitrogens with one attached hydrogen (secondary N) is 2. The van der Waals surface area contributed by atoms with E-state index in [4.69, 9.17) is 9.84 Å². The van der Waals surface area contributed by atoms with Crippen LogP contribution in [0.3, 0.4) is 0 Å². The van der Waals surface area contributed by atoms with Crippen LogP contribution >= 0.6 is 0 Å². The highest BCUT2D eigenvalue weighted by molar-refractivity contribution is 5.87. The van der Waals surface area contributed by atoms with E-state index < -0.39 is 30.1 Å². The molecule has 2 atom stereocenters. The fourth-order valence-corrected chi connectivity index (χ4v) is 4.26. The van der Waals surface area contributed by atoms with Crippen LogP contribution in [0.1, 0.15) is 35.1 Å². The molecule has 0 saturated carbocycles. The molecule has 35 heavy (non-hydrogen) atoms. The lowest BCUT2D eigenvalue weighted by atomic mass is 9.98. The summed E-state index contributed by atoms with van der Waals surface area (Å²) < 4.78 is 5.57. The third-order valence-corrected chi connectivity index (χ3v) is 6.00. The Morgan fingerprint density at radius 1 is 0.857 bits per heavy atom. The predicted molar refractivity (Wildman–Crippen MR) is 129 cm³/mol. The van der Waals surface area contributed by atoms with Gasteiger partial charge in [0.05, 0.1) is 0 Å². The molecule has 2 amide bonds. The Morgan fingerprint density at radius 3 is 2.03 bits per heavy atom. The molecule has 8 heteroatoms. The molecule has 180 valence electrons. The van der Waals surface area contributed by atoms with Crippen LogP contribution in [0.25, 0.3) is 11.1 Å². The van der Waals surface area contributed by atoms with Gasteiger partial charge in [-0.1, -0.05) is 78.9 Å². The van der Waals surface area contributed by atoms with Crippen LogP contribution in [0, 0.1) is 0 Å². The largest absolute Gasteiger partial charge is 0.479 e. The second-order valence-electron chi connectivity index (χ2n) is 8.25. The van der Waals surface area contributed by atoms with Crippen LogP contribution in [-0.4, -0.2) is 47.4 Å². The quantitative estimate of drug-likeness (QED) is 0.377. The molecule has 0 fully saturated rings. The Morgan fingerprint density at radius 2 is 1.43 bits per heavy atom. The summed E-state index contributed by atoms with van der Waals surface area (Å²) in [6.07, 6.45) is -2.49. The number of aliphatic hydroxyl groups excluding tert-OH is 1. The lowest BCUT2D eigenvalue weighted by molar-refractivity contribution is -0.147. The summed E-state index contributed by atoms with van der Waals surface area (Å²) in [5.74, 6) is -2.02. The van der Waals surface area contributed by atoms with Gasteiger partial charge in [-0.05, 0) is 27.8 Å². The lowest BCUT2D eigenvalue weighted by Gasteiger charge is -2.20. The van der Waals surface area contributed by atoms with Crippen molar-refractivity contribution in [3.05, 3.63) is 95.6 Å². The molecule has 1 aliphatic carbocycles. The Labute approximate surface area is 202 Å².